The predicted molar refractivity (Wildman–Crippen MR) is 67.1 cm³/mol. The molecule has 100 valence electrons. The second-order valence-electron chi connectivity index (χ2n) is 5.30. The van der Waals surface area contributed by atoms with Gasteiger partial charge in [0.05, 0.1) is 5.60 Å². The Morgan fingerprint density at radius 1 is 1.53 bits per heavy atom. The number of nitrogens with zero attached hydrogens (tertiary/aromatic N) is 1. The van der Waals surface area contributed by atoms with E-state index in [4.69, 9.17) is 5.84 Å². The maximum Gasteiger partial charge on any atom is 0.233 e. The van der Waals surface area contributed by atoms with Crippen LogP contribution in [-0.4, -0.2) is 41.1 Å². The van der Waals surface area contributed by atoms with Gasteiger partial charge in [-0.25, -0.2) is 5.84 Å². The van der Waals surface area contributed by atoms with E-state index in [1.807, 2.05) is 7.05 Å². The van der Waals surface area contributed by atoms with E-state index in [9.17, 15) is 9.90 Å². The van der Waals surface area contributed by atoms with Crippen molar-refractivity contribution < 1.29 is 9.90 Å². The van der Waals surface area contributed by atoms with Gasteiger partial charge in [0.15, 0.2) is 0 Å². The summed E-state index contributed by atoms with van der Waals surface area (Å²) in [6, 6.07) is 0.275. The summed E-state index contributed by atoms with van der Waals surface area (Å²) in [6.45, 7) is 2.76. The first-order chi connectivity index (χ1) is 7.97. The fourth-order valence-electron chi connectivity index (χ4n) is 2.44. The zero-order chi connectivity index (χ0) is 12.9. The summed E-state index contributed by atoms with van der Waals surface area (Å²) >= 11 is 0. The molecule has 0 aromatic heterocycles. The zero-order valence-electron chi connectivity index (χ0n) is 10.9. The topological polar surface area (TPSA) is 78.6 Å². The summed E-state index contributed by atoms with van der Waals surface area (Å²) in [6.07, 6.45) is 5.22. The minimum atomic E-state index is -0.515. The smallest absolute Gasteiger partial charge is 0.233 e. The normalized spacial score (nSPS) is 20.5. The SMILES string of the molecule is CC(CCC(=O)NN)N(C)CC1(O)CCCC1. The largest absolute Gasteiger partial charge is 0.389 e. The number of likely N-dealkylation sites (N-methyl/N-ethyl adjacent to an activating group) is 1. The monoisotopic (exact) mass is 243 g/mol. The van der Waals surface area contributed by atoms with Crippen molar-refractivity contribution in [1.82, 2.24) is 10.3 Å². The Balaban J connectivity index is 2.30. The van der Waals surface area contributed by atoms with Gasteiger partial charge in [0.2, 0.25) is 5.91 Å². The lowest BCUT2D eigenvalue weighted by molar-refractivity contribution is -0.121. The molecule has 0 saturated heterocycles. The van der Waals surface area contributed by atoms with Gasteiger partial charge in [-0.3, -0.25) is 10.2 Å². The molecule has 0 bridgehead atoms. The highest BCUT2D eigenvalue weighted by molar-refractivity contribution is 5.75. The third-order valence-electron chi connectivity index (χ3n) is 3.78. The van der Waals surface area contributed by atoms with E-state index in [0.717, 1.165) is 32.1 Å². The molecule has 5 heteroatoms. The number of hydrogen-bond acceptors (Lipinski definition) is 4. The highest BCUT2D eigenvalue weighted by atomic mass is 16.3. The summed E-state index contributed by atoms with van der Waals surface area (Å²) in [7, 11) is 2.00. The molecule has 0 heterocycles. The average molecular weight is 243 g/mol. The minimum Gasteiger partial charge on any atom is -0.389 e. The molecule has 1 aliphatic rings. The molecule has 0 radical (unpaired) electrons. The molecule has 5 nitrogen and oxygen atoms in total. The molecule has 1 saturated carbocycles. The molecule has 1 unspecified atom stereocenters. The second-order valence-corrected chi connectivity index (χ2v) is 5.30. The van der Waals surface area contributed by atoms with E-state index in [0.29, 0.717) is 13.0 Å². The Bertz CT molecular complexity index is 252. The van der Waals surface area contributed by atoms with Crippen LogP contribution < -0.4 is 11.3 Å². The van der Waals surface area contributed by atoms with Crippen LogP contribution >= 0.6 is 0 Å². The Morgan fingerprint density at radius 2 is 2.12 bits per heavy atom. The third kappa shape index (κ3) is 4.61. The van der Waals surface area contributed by atoms with Crippen LogP contribution in [0.15, 0.2) is 0 Å². The fraction of sp³-hybridized carbons (Fsp3) is 0.917. The molecule has 0 aromatic rings. The van der Waals surface area contributed by atoms with E-state index in [1.54, 1.807) is 0 Å². The Morgan fingerprint density at radius 3 is 2.65 bits per heavy atom. The predicted octanol–water partition coefficient (Wildman–Crippen LogP) is 0.382. The fourth-order valence-corrected chi connectivity index (χ4v) is 2.44. The highest BCUT2D eigenvalue weighted by Gasteiger charge is 2.33. The Labute approximate surface area is 103 Å². The molecule has 1 atom stereocenters. The van der Waals surface area contributed by atoms with Crippen molar-refractivity contribution >= 4 is 5.91 Å². The first-order valence-electron chi connectivity index (χ1n) is 6.39. The van der Waals surface area contributed by atoms with Crippen LogP contribution in [0.2, 0.25) is 0 Å². The highest BCUT2D eigenvalue weighted by Crippen LogP contribution is 2.30. The van der Waals surface area contributed by atoms with Crippen LogP contribution in [-0.2, 0) is 4.79 Å². The lowest BCUT2D eigenvalue weighted by Crippen LogP contribution is -2.43. The van der Waals surface area contributed by atoms with Crippen molar-refractivity contribution in [2.24, 2.45) is 5.84 Å². The van der Waals surface area contributed by atoms with Gasteiger partial charge in [-0.15, -0.1) is 0 Å². The third-order valence-corrected chi connectivity index (χ3v) is 3.78. The molecule has 1 fully saturated rings. The Kier molecular flexibility index (Phi) is 5.36. The van der Waals surface area contributed by atoms with Gasteiger partial charge in [-0.2, -0.15) is 0 Å². The number of hydrazine groups is 1. The molecule has 1 amide bonds. The maximum absolute atomic E-state index is 11.0. The van der Waals surface area contributed by atoms with Gasteiger partial charge in [-0.1, -0.05) is 12.8 Å². The molecule has 0 spiro atoms. The van der Waals surface area contributed by atoms with Crippen LogP contribution in [0.25, 0.3) is 0 Å². The molecular weight excluding hydrogens is 218 g/mol. The number of nitrogens with one attached hydrogen (secondary N) is 1. The van der Waals surface area contributed by atoms with Crippen molar-refractivity contribution in [1.29, 1.82) is 0 Å². The van der Waals surface area contributed by atoms with Gasteiger partial charge in [0.25, 0.3) is 0 Å². The maximum atomic E-state index is 11.0. The van der Waals surface area contributed by atoms with E-state index in [-0.39, 0.29) is 11.9 Å². The molecule has 0 aliphatic heterocycles. The molecular formula is C12H25N3O2. The van der Waals surface area contributed by atoms with Crippen molar-refractivity contribution in [3.8, 4) is 0 Å². The molecule has 0 aromatic carbocycles. The zero-order valence-corrected chi connectivity index (χ0v) is 10.9. The number of nitrogens with two attached hydrogens (primary N) is 1. The van der Waals surface area contributed by atoms with Crippen molar-refractivity contribution in [3.05, 3.63) is 0 Å². The van der Waals surface area contributed by atoms with Crippen molar-refractivity contribution in [3.63, 3.8) is 0 Å². The molecule has 1 aliphatic carbocycles. The van der Waals surface area contributed by atoms with Crippen molar-refractivity contribution in [2.75, 3.05) is 13.6 Å². The minimum absolute atomic E-state index is 0.134. The number of rotatable bonds is 6. The van der Waals surface area contributed by atoms with E-state index in [1.165, 1.54) is 0 Å². The summed E-state index contributed by atoms with van der Waals surface area (Å²) in [5.41, 5.74) is 1.62. The molecule has 4 N–H and O–H groups in total. The standard InChI is InChI=1S/C12H25N3O2/c1-10(5-6-11(16)14-13)15(2)9-12(17)7-3-4-8-12/h10,17H,3-9,13H2,1-2H3,(H,14,16). The first kappa shape index (κ1) is 14.4. The number of aliphatic hydroxyl groups is 1. The number of hydrogen-bond donors (Lipinski definition) is 3. The number of amides is 1. The van der Waals surface area contributed by atoms with Gasteiger partial charge in [0.1, 0.15) is 0 Å². The number of carbonyl (C=O) groups is 1. The lowest BCUT2D eigenvalue weighted by atomic mass is 10.0. The van der Waals surface area contributed by atoms with Crippen molar-refractivity contribution in [2.45, 2.75) is 57.1 Å². The summed E-state index contributed by atoms with van der Waals surface area (Å²) in [5, 5.41) is 10.3. The summed E-state index contributed by atoms with van der Waals surface area (Å²) in [5.74, 6) is 4.90. The first-order valence-corrected chi connectivity index (χ1v) is 6.39. The van der Waals surface area contributed by atoms with Gasteiger partial charge in [-0.05, 0) is 33.2 Å². The van der Waals surface area contributed by atoms with Gasteiger partial charge < -0.3 is 10.0 Å². The number of carbonyl (C=O) groups excluding carboxylic acids is 1. The quantitative estimate of drug-likeness (QED) is 0.358. The Hall–Kier alpha value is -0.650. The van der Waals surface area contributed by atoms with Crippen LogP contribution in [0.5, 0.6) is 0 Å². The average Bonchev–Trinajstić information content (AvgIpc) is 2.71. The van der Waals surface area contributed by atoms with Gasteiger partial charge >= 0.3 is 0 Å². The lowest BCUT2D eigenvalue weighted by Gasteiger charge is -2.32. The van der Waals surface area contributed by atoms with Gasteiger partial charge in [0, 0.05) is 19.0 Å². The van der Waals surface area contributed by atoms with Crippen LogP contribution in [0.3, 0.4) is 0 Å². The summed E-state index contributed by atoms with van der Waals surface area (Å²) in [4.78, 5) is 13.2. The van der Waals surface area contributed by atoms with Crippen LogP contribution in [0.1, 0.15) is 45.4 Å². The van der Waals surface area contributed by atoms with E-state index >= 15 is 0 Å². The van der Waals surface area contributed by atoms with E-state index in [2.05, 4.69) is 17.2 Å². The van der Waals surface area contributed by atoms with E-state index < -0.39 is 5.60 Å². The molecule has 1 rings (SSSR count). The van der Waals surface area contributed by atoms with Crippen LogP contribution in [0, 0.1) is 0 Å². The second kappa shape index (κ2) is 6.33. The molecule has 17 heavy (non-hydrogen) atoms. The summed E-state index contributed by atoms with van der Waals surface area (Å²) < 4.78 is 0. The van der Waals surface area contributed by atoms with Crippen LogP contribution in [0.4, 0.5) is 0 Å².